The van der Waals surface area contributed by atoms with Crippen LogP contribution in [0.4, 0.5) is 0 Å². The van der Waals surface area contributed by atoms with Crippen molar-refractivity contribution < 1.29 is 14.3 Å². The molecule has 0 aromatic rings. The molecule has 0 aromatic carbocycles. The molecule has 0 amide bonds. The van der Waals surface area contributed by atoms with Gasteiger partial charge in [0.2, 0.25) is 0 Å². The van der Waals surface area contributed by atoms with Gasteiger partial charge in [-0.3, -0.25) is 4.79 Å². The third-order valence-electron chi connectivity index (χ3n) is 4.31. The number of ketones is 1. The minimum absolute atomic E-state index is 0.0265. The molecular weight excluding hydrogens is 204 g/mol. The Hall–Kier alpha value is -0.410. The van der Waals surface area contributed by atoms with Gasteiger partial charge in [0.1, 0.15) is 5.78 Å². The number of carbonyl (C=O) groups excluding carboxylic acids is 1. The summed E-state index contributed by atoms with van der Waals surface area (Å²) in [6.07, 6.45) is 8.13. The fourth-order valence-corrected chi connectivity index (χ4v) is 3.69. The molecule has 3 heteroatoms. The Morgan fingerprint density at radius 2 is 2.25 bits per heavy atom. The largest absolute Gasteiger partial charge is 0.372 e. The van der Waals surface area contributed by atoms with E-state index in [0.29, 0.717) is 18.6 Å². The molecule has 4 atom stereocenters. The Morgan fingerprint density at radius 3 is 3.06 bits per heavy atom. The number of rotatable bonds is 2. The molecule has 0 N–H and O–H groups in total. The van der Waals surface area contributed by atoms with Gasteiger partial charge in [-0.25, -0.2) is 0 Å². The number of ether oxygens (including phenoxy) is 2. The summed E-state index contributed by atoms with van der Waals surface area (Å²) >= 11 is 0. The van der Waals surface area contributed by atoms with E-state index < -0.39 is 0 Å². The van der Waals surface area contributed by atoms with Crippen LogP contribution in [0.15, 0.2) is 0 Å². The van der Waals surface area contributed by atoms with E-state index in [-0.39, 0.29) is 17.5 Å². The first-order valence-electron chi connectivity index (χ1n) is 6.51. The van der Waals surface area contributed by atoms with E-state index in [0.717, 1.165) is 25.7 Å². The third-order valence-corrected chi connectivity index (χ3v) is 4.31. The van der Waals surface area contributed by atoms with Crippen LogP contribution >= 0.6 is 0 Å². The standard InChI is InChI=1S/C13H20O3/c1-9(14)7-10-4-5-12-13(16-10)6-2-3-11(8-13)15-12/h10-12H,2-8H2,1H3/t10-,11+,12?,13+/m1/s1. The van der Waals surface area contributed by atoms with Crippen molar-refractivity contribution in [2.75, 3.05) is 0 Å². The summed E-state index contributed by atoms with van der Waals surface area (Å²) in [6.45, 7) is 1.65. The molecule has 16 heavy (non-hydrogen) atoms. The van der Waals surface area contributed by atoms with Gasteiger partial charge < -0.3 is 9.47 Å². The van der Waals surface area contributed by atoms with Crippen LogP contribution in [0.2, 0.25) is 0 Å². The Labute approximate surface area is 96.5 Å². The summed E-state index contributed by atoms with van der Waals surface area (Å²) in [6, 6.07) is 0. The molecular formula is C13H20O3. The first-order valence-corrected chi connectivity index (χ1v) is 6.51. The maximum Gasteiger partial charge on any atom is 0.132 e. The second-order valence-electron chi connectivity index (χ2n) is 5.63. The van der Waals surface area contributed by atoms with Crippen LogP contribution in [-0.2, 0) is 14.3 Å². The van der Waals surface area contributed by atoms with Crippen LogP contribution in [0.3, 0.4) is 0 Å². The normalized spacial score (nSPS) is 46.4. The van der Waals surface area contributed by atoms with Gasteiger partial charge in [0.25, 0.3) is 0 Å². The van der Waals surface area contributed by atoms with Crippen molar-refractivity contribution >= 4 is 5.78 Å². The number of carbonyl (C=O) groups is 1. The molecule has 1 unspecified atom stereocenters. The Morgan fingerprint density at radius 1 is 1.38 bits per heavy atom. The summed E-state index contributed by atoms with van der Waals surface area (Å²) in [7, 11) is 0. The van der Waals surface area contributed by atoms with Crippen LogP contribution in [-0.4, -0.2) is 29.7 Å². The zero-order chi connectivity index (χ0) is 11.2. The molecule has 2 aliphatic heterocycles. The smallest absolute Gasteiger partial charge is 0.132 e. The highest BCUT2D eigenvalue weighted by Crippen LogP contribution is 2.49. The molecule has 3 nitrogen and oxygen atoms in total. The summed E-state index contributed by atoms with van der Waals surface area (Å²) in [4.78, 5) is 11.2. The van der Waals surface area contributed by atoms with E-state index in [1.165, 1.54) is 12.8 Å². The van der Waals surface area contributed by atoms with Gasteiger partial charge in [0, 0.05) is 12.8 Å². The van der Waals surface area contributed by atoms with Gasteiger partial charge in [-0.1, -0.05) is 0 Å². The van der Waals surface area contributed by atoms with Crippen LogP contribution in [0.25, 0.3) is 0 Å². The van der Waals surface area contributed by atoms with E-state index in [9.17, 15) is 4.79 Å². The summed E-state index contributed by atoms with van der Waals surface area (Å²) in [5.74, 6) is 0.242. The fourth-order valence-electron chi connectivity index (χ4n) is 3.69. The van der Waals surface area contributed by atoms with Crippen molar-refractivity contribution in [2.45, 2.75) is 75.8 Å². The summed E-state index contributed by atoms with van der Waals surface area (Å²) < 4.78 is 12.3. The highest BCUT2D eigenvalue weighted by molar-refractivity contribution is 5.76. The van der Waals surface area contributed by atoms with Crippen molar-refractivity contribution in [1.29, 1.82) is 0 Å². The summed E-state index contributed by atoms with van der Waals surface area (Å²) in [5.41, 5.74) is -0.0265. The van der Waals surface area contributed by atoms with Crippen LogP contribution < -0.4 is 0 Å². The lowest BCUT2D eigenvalue weighted by molar-refractivity contribution is -0.169. The van der Waals surface area contributed by atoms with Crippen molar-refractivity contribution in [3.63, 3.8) is 0 Å². The van der Waals surface area contributed by atoms with E-state index in [2.05, 4.69) is 0 Å². The lowest BCUT2D eigenvalue weighted by Crippen LogP contribution is -2.49. The average molecular weight is 224 g/mol. The zero-order valence-corrected chi connectivity index (χ0v) is 9.91. The number of hydrogen-bond acceptors (Lipinski definition) is 3. The van der Waals surface area contributed by atoms with Crippen molar-refractivity contribution in [2.24, 2.45) is 0 Å². The SMILES string of the molecule is CC(=O)C[C@H]1CCC2O[C@H]3CCC[C@@]2(C3)O1. The molecule has 1 saturated carbocycles. The predicted molar refractivity (Wildman–Crippen MR) is 59.3 cm³/mol. The quantitative estimate of drug-likeness (QED) is 0.721. The van der Waals surface area contributed by atoms with Crippen molar-refractivity contribution in [3.8, 4) is 0 Å². The maximum atomic E-state index is 11.2. The second-order valence-corrected chi connectivity index (χ2v) is 5.63. The number of hydrogen-bond donors (Lipinski definition) is 0. The van der Waals surface area contributed by atoms with Gasteiger partial charge >= 0.3 is 0 Å². The maximum absolute atomic E-state index is 11.2. The van der Waals surface area contributed by atoms with Crippen LogP contribution in [0.1, 0.15) is 51.9 Å². The molecule has 0 aromatic heterocycles. The summed E-state index contributed by atoms with van der Waals surface area (Å²) in [5, 5.41) is 0. The molecule has 3 aliphatic rings. The average Bonchev–Trinajstić information content (AvgIpc) is 2.46. The molecule has 3 fully saturated rings. The molecule has 2 heterocycles. The van der Waals surface area contributed by atoms with Gasteiger partial charge in [-0.05, 0) is 39.0 Å². The van der Waals surface area contributed by atoms with Gasteiger partial charge in [-0.2, -0.15) is 0 Å². The Bertz CT molecular complexity index is 302. The van der Waals surface area contributed by atoms with E-state index >= 15 is 0 Å². The molecule has 0 radical (unpaired) electrons. The van der Waals surface area contributed by atoms with E-state index in [1.54, 1.807) is 6.92 Å². The molecule has 2 saturated heterocycles. The molecule has 2 bridgehead atoms. The highest BCUT2D eigenvalue weighted by Gasteiger charge is 2.54. The first kappa shape index (κ1) is 10.7. The lowest BCUT2D eigenvalue weighted by atomic mass is 9.78. The predicted octanol–water partition coefficient (Wildman–Crippen LogP) is 2.22. The number of Topliss-reactive ketones (excluding diaryl/α,β-unsaturated/α-hetero) is 1. The van der Waals surface area contributed by atoms with Gasteiger partial charge in [0.05, 0.1) is 23.9 Å². The Kier molecular flexibility index (Phi) is 2.55. The van der Waals surface area contributed by atoms with E-state index in [1.807, 2.05) is 0 Å². The third kappa shape index (κ3) is 1.70. The Balaban J connectivity index is 1.73. The van der Waals surface area contributed by atoms with E-state index in [4.69, 9.17) is 9.47 Å². The van der Waals surface area contributed by atoms with Crippen LogP contribution in [0.5, 0.6) is 0 Å². The zero-order valence-electron chi connectivity index (χ0n) is 9.91. The molecule has 90 valence electrons. The monoisotopic (exact) mass is 224 g/mol. The molecule has 1 spiro atoms. The topological polar surface area (TPSA) is 35.5 Å². The lowest BCUT2D eigenvalue weighted by Gasteiger charge is -2.42. The molecule has 1 aliphatic carbocycles. The minimum atomic E-state index is -0.0265. The highest BCUT2D eigenvalue weighted by atomic mass is 16.6. The van der Waals surface area contributed by atoms with Crippen molar-refractivity contribution in [1.82, 2.24) is 0 Å². The van der Waals surface area contributed by atoms with Gasteiger partial charge in [-0.15, -0.1) is 0 Å². The van der Waals surface area contributed by atoms with Crippen LogP contribution in [0, 0.1) is 0 Å². The fraction of sp³-hybridized carbons (Fsp3) is 0.923. The number of fused-ring (bicyclic) bond motifs is 1. The van der Waals surface area contributed by atoms with Crippen molar-refractivity contribution in [3.05, 3.63) is 0 Å². The molecule has 3 rings (SSSR count). The first-order chi connectivity index (χ1) is 7.68. The second kappa shape index (κ2) is 3.81. The van der Waals surface area contributed by atoms with Gasteiger partial charge in [0.15, 0.2) is 0 Å². The minimum Gasteiger partial charge on any atom is -0.372 e.